The van der Waals surface area contributed by atoms with Crippen molar-refractivity contribution in [2.45, 2.75) is 33.0 Å². The Morgan fingerprint density at radius 3 is 2.85 bits per heavy atom. The van der Waals surface area contributed by atoms with Crippen molar-refractivity contribution in [3.63, 3.8) is 0 Å². The third kappa shape index (κ3) is 3.87. The average molecular weight is 244 g/mol. The lowest BCUT2D eigenvalue weighted by Crippen LogP contribution is -2.06. The lowest BCUT2D eigenvalue weighted by atomic mass is 10.3. The number of halogens is 1. The van der Waals surface area contributed by atoms with Crippen LogP contribution in [-0.2, 0) is 11.3 Å². The van der Waals surface area contributed by atoms with Gasteiger partial charge in [0.25, 0.3) is 0 Å². The molecule has 2 nitrogen and oxygen atoms in total. The van der Waals surface area contributed by atoms with Gasteiger partial charge in [0, 0.05) is 10.7 Å². The first-order valence-electron chi connectivity index (χ1n) is 4.44. The Labute approximate surface area is 87.5 Å². The number of aromatic nitrogens is 1. The second kappa shape index (κ2) is 5.35. The third-order valence-electron chi connectivity index (χ3n) is 1.88. The van der Waals surface area contributed by atoms with Gasteiger partial charge < -0.3 is 4.74 Å². The van der Waals surface area contributed by atoms with Gasteiger partial charge in [-0.1, -0.05) is 6.92 Å². The van der Waals surface area contributed by atoms with Gasteiger partial charge in [-0.25, -0.2) is 0 Å². The number of ether oxygens (including phenoxy) is 1. The van der Waals surface area contributed by atoms with E-state index < -0.39 is 0 Å². The summed E-state index contributed by atoms with van der Waals surface area (Å²) in [7, 11) is 0. The minimum absolute atomic E-state index is 0.311. The molecular formula is C10H14BrNO. The SMILES string of the molecule is CCC(C)OCc1ccc(Br)cn1. The Morgan fingerprint density at radius 2 is 2.31 bits per heavy atom. The second-order valence-corrected chi connectivity index (χ2v) is 3.91. The summed E-state index contributed by atoms with van der Waals surface area (Å²) in [4.78, 5) is 4.21. The van der Waals surface area contributed by atoms with Gasteiger partial charge in [0.2, 0.25) is 0 Å². The van der Waals surface area contributed by atoms with Gasteiger partial charge in [-0.15, -0.1) is 0 Å². The minimum atomic E-state index is 0.311. The van der Waals surface area contributed by atoms with Crippen LogP contribution in [0.15, 0.2) is 22.8 Å². The molecule has 1 atom stereocenters. The van der Waals surface area contributed by atoms with Gasteiger partial charge in [-0.3, -0.25) is 4.98 Å². The predicted octanol–water partition coefficient (Wildman–Crippen LogP) is 3.16. The topological polar surface area (TPSA) is 22.1 Å². The molecule has 0 bridgehead atoms. The molecule has 3 heteroatoms. The van der Waals surface area contributed by atoms with Crippen LogP contribution in [0.5, 0.6) is 0 Å². The van der Waals surface area contributed by atoms with Crippen molar-refractivity contribution >= 4 is 15.9 Å². The molecular weight excluding hydrogens is 230 g/mol. The van der Waals surface area contributed by atoms with Crippen LogP contribution in [0.25, 0.3) is 0 Å². The summed E-state index contributed by atoms with van der Waals surface area (Å²) in [5.74, 6) is 0. The van der Waals surface area contributed by atoms with Gasteiger partial charge >= 0.3 is 0 Å². The van der Waals surface area contributed by atoms with Gasteiger partial charge in [0.05, 0.1) is 18.4 Å². The Bertz CT molecular complexity index is 248. The molecule has 0 saturated carbocycles. The van der Waals surface area contributed by atoms with E-state index >= 15 is 0 Å². The summed E-state index contributed by atoms with van der Waals surface area (Å²) in [6.45, 7) is 4.78. The summed E-state index contributed by atoms with van der Waals surface area (Å²) in [5, 5.41) is 0. The molecule has 0 saturated heterocycles. The Balaban J connectivity index is 2.41. The molecule has 0 fully saturated rings. The average Bonchev–Trinajstić information content (AvgIpc) is 2.16. The fraction of sp³-hybridized carbons (Fsp3) is 0.500. The number of hydrogen-bond acceptors (Lipinski definition) is 2. The van der Waals surface area contributed by atoms with Crippen molar-refractivity contribution in [3.05, 3.63) is 28.5 Å². The van der Waals surface area contributed by atoms with Crippen LogP contribution in [0.1, 0.15) is 26.0 Å². The van der Waals surface area contributed by atoms with Crippen LogP contribution in [0, 0.1) is 0 Å². The first kappa shape index (κ1) is 10.7. The van der Waals surface area contributed by atoms with Crippen molar-refractivity contribution in [1.29, 1.82) is 0 Å². The fourth-order valence-electron chi connectivity index (χ4n) is 0.837. The van der Waals surface area contributed by atoms with Crippen molar-refractivity contribution in [2.75, 3.05) is 0 Å². The summed E-state index contributed by atoms with van der Waals surface area (Å²) in [6, 6.07) is 3.94. The van der Waals surface area contributed by atoms with Gasteiger partial charge in [0.1, 0.15) is 0 Å². The molecule has 0 spiro atoms. The maximum Gasteiger partial charge on any atom is 0.0891 e. The molecule has 1 aromatic rings. The number of nitrogens with zero attached hydrogens (tertiary/aromatic N) is 1. The van der Waals surface area contributed by atoms with Crippen molar-refractivity contribution < 1.29 is 4.74 Å². The van der Waals surface area contributed by atoms with Crippen LogP contribution < -0.4 is 0 Å². The first-order chi connectivity index (χ1) is 6.22. The maximum absolute atomic E-state index is 5.54. The minimum Gasteiger partial charge on any atom is -0.372 e. The van der Waals surface area contributed by atoms with Crippen LogP contribution in [0.4, 0.5) is 0 Å². The number of rotatable bonds is 4. The van der Waals surface area contributed by atoms with E-state index in [4.69, 9.17) is 4.74 Å². The largest absolute Gasteiger partial charge is 0.372 e. The van der Waals surface area contributed by atoms with Crippen LogP contribution in [0.3, 0.4) is 0 Å². The second-order valence-electron chi connectivity index (χ2n) is 3.00. The fourth-order valence-corrected chi connectivity index (χ4v) is 1.07. The van der Waals surface area contributed by atoms with E-state index in [2.05, 4.69) is 34.8 Å². The maximum atomic E-state index is 5.54. The molecule has 72 valence electrons. The predicted molar refractivity (Wildman–Crippen MR) is 56.5 cm³/mol. The molecule has 1 heterocycles. The third-order valence-corrected chi connectivity index (χ3v) is 2.35. The van der Waals surface area contributed by atoms with Crippen LogP contribution in [0.2, 0.25) is 0 Å². The lowest BCUT2D eigenvalue weighted by Gasteiger charge is -2.09. The zero-order valence-corrected chi connectivity index (χ0v) is 9.54. The zero-order chi connectivity index (χ0) is 9.68. The van der Waals surface area contributed by atoms with E-state index in [0.717, 1.165) is 16.6 Å². The number of pyridine rings is 1. The Morgan fingerprint density at radius 1 is 1.54 bits per heavy atom. The normalized spacial score (nSPS) is 12.8. The van der Waals surface area contributed by atoms with E-state index in [1.165, 1.54) is 0 Å². The highest BCUT2D eigenvalue weighted by molar-refractivity contribution is 9.10. The molecule has 0 radical (unpaired) electrons. The van der Waals surface area contributed by atoms with Gasteiger partial charge in [0.15, 0.2) is 0 Å². The highest BCUT2D eigenvalue weighted by atomic mass is 79.9. The highest BCUT2D eigenvalue weighted by Crippen LogP contribution is 2.09. The number of hydrogen-bond donors (Lipinski definition) is 0. The van der Waals surface area contributed by atoms with Gasteiger partial charge in [-0.05, 0) is 41.4 Å². The highest BCUT2D eigenvalue weighted by Gasteiger charge is 1.99. The van der Waals surface area contributed by atoms with Crippen molar-refractivity contribution in [1.82, 2.24) is 4.98 Å². The molecule has 1 aromatic heterocycles. The molecule has 13 heavy (non-hydrogen) atoms. The molecule has 0 aromatic carbocycles. The van der Waals surface area contributed by atoms with Crippen LogP contribution >= 0.6 is 15.9 Å². The lowest BCUT2D eigenvalue weighted by molar-refractivity contribution is 0.0489. The molecule has 0 aliphatic rings. The molecule has 0 amide bonds. The van der Waals surface area contributed by atoms with E-state index in [-0.39, 0.29) is 0 Å². The first-order valence-corrected chi connectivity index (χ1v) is 5.23. The van der Waals surface area contributed by atoms with Crippen LogP contribution in [-0.4, -0.2) is 11.1 Å². The van der Waals surface area contributed by atoms with E-state index in [0.29, 0.717) is 12.7 Å². The summed E-state index contributed by atoms with van der Waals surface area (Å²) in [6.07, 6.45) is 3.14. The summed E-state index contributed by atoms with van der Waals surface area (Å²) in [5.41, 5.74) is 0.975. The Hall–Kier alpha value is -0.410. The molecule has 0 aliphatic carbocycles. The molecule has 1 rings (SSSR count). The molecule has 0 N–H and O–H groups in total. The quantitative estimate of drug-likeness (QED) is 0.811. The van der Waals surface area contributed by atoms with E-state index in [9.17, 15) is 0 Å². The monoisotopic (exact) mass is 243 g/mol. The molecule has 0 aliphatic heterocycles. The Kier molecular flexibility index (Phi) is 4.39. The summed E-state index contributed by atoms with van der Waals surface area (Å²) < 4.78 is 6.54. The molecule has 1 unspecified atom stereocenters. The van der Waals surface area contributed by atoms with E-state index in [1.54, 1.807) is 6.20 Å². The van der Waals surface area contributed by atoms with Crippen molar-refractivity contribution in [3.8, 4) is 0 Å². The smallest absolute Gasteiger partial charge is 0.0891 e. The van der Waals surface area contributed by atoms with Crippen molar-refractivity contribution in [2.24, 2.45) is 0 Å². The standard InChI is InChI=1S/C10H14BrNO/c1-3-8(2)13-7-10-5-4-9(11)6-12-10/h4-6,8H,3,7H2,1-2H3. The summed E-state index contributed by atoms with van der Waals surface area (Å²) >= 11 is 3.34. The van der Waals surface area contributed by atoms with E-state index in [1.807, 2.05) is 12.1 Å². The zero-order valence-electron chi connectivity index (χ0n) is 7.96. The van der Waals surface area contributed by atoms with Gasteiger partial charge in [-0.2, -0.15) is 0 Å².